The van der Waals surface area contributed by atoms with Crippen LogP contribution in [-0.2, 0) is 11.4 Å². The van der Waals surface area contributed by atoms with Crippen molar-refractivity contribution in [1.82, 2.24) is 4.98 Å². The van der Waals surface area contributed by atoms with Crippen LogP contribution in [0.15, 0.2) is 42.6 Å². The van der Waals surface area contributed by atoms with E-state index < -0.39 is 5.82 Å². The molecular weight excluding hydrogens is 392 g/mol. The Hall–Kier alpha value is -1.89. The van der Waals surface area contributed by atoms with E-state index in [1.165, 1.54) is 12.1 Å². The highest BCUT2D eigenvalue weighted by atomic mass is 35.5. The highest BCUT2D eigenvalue weighted by Gasteiger charge is 2.31. The van der Waals surface area contributed by atoms with Crippen LogP contribution < -0.4 is 15.8 Å². The van der Waals surface area contributed by atoms with E-state index in [4.69, 9.17) is 10.5 Å². The van der Waals surface area contributed by atoms with Crippen LogP contribution in [0, 0.1) is 17.7 Å². The summed E-state index contributed by atoms with van der Waals surface area (Å²) in [7, 11) is 0. The topological polar surface area (TPSA) is 77.2 Å². The van der Waals surface area contributed by atoms with Crippen LogP contribution in [0.2, 0.25) is 0 Å². The molecule has 3 N–H and O–H groups in total. The van der Waals surface area contributed by atoms with Gasteiger partial charge in [-0.05, 0) is 49.6 Å². The molecule has 1 aromatic heterocycles. The van der Waals surface area contributed by atoms with Crippen molar-refractivity contribution in [2.75, 3.05) is 11.9 Å². The van der Waals surface area contributed by atoms with Crippen molar-refractivity contribution in [2.24, 2.45) is 17.6 Å². The first-order valence-corrected chi connectivity index (χ1v) is 8.50. The number of halogens is 3. The maximum atomic E-state index is 14.2. The number of ether oxygens (including phenoxy) is 1. The zero-order chi connectivity index (χ0) is 17.6. The summed E-state index contributed by atoms with van der Waals surface area (Å²) in [6, 6.07) is 9.89. The number of amides is 1. The molecule has 0 radical (unpaired) electrons. The number of anilines is 1. The number of carbonyl (C=O) groups excluding carboxylic acids is 1. The van der Waals surface area contributed by atoms with Crippen LogP contribution in [0.25, 0.3) is 0 Å². The zero-order valence-corrected chi connectivity index (χ0v) is 16.4. The molecule has 0 aliphatic heterocycles. The van der Waals surface area contributed by atoms with E-state index in [0.717, 1.165) is 19.3 Å². The summed E-state index contributed by atoms with van der Waals surface area (Å²) < 4.78 is 19.7. The fraction of sp³-hybridized carbons (Fsp3) is 0.368. The lowest BCUT2D eigenvalue weighted by molar-refractivity contribution is -0.120. The van der Waals surface area contributed by atoms with Gasteiger partial charge in [0.1, 0.15) is 6.61 Å². The van der Waals surface area contributed by atoms with E-state index >= 15 is 0 Å². The second kappa shape index (κ2) is 11.1. The van der Waals surface area contributed by atoms with Crippen LogP contribution in [-0.4, -0.2) is 17.4 Å². The molecular formula is C19H24Cl2FN3O2. The predicted molar refractivity (Wildman–Crippen MR) is 108 cm³/mol. The van der Waals surface area contributed by atoms with Crippen molar-refractivity contribution in [3.8, 4) is 5.75 Å². The lowest BCUT2D eigenvalue weighted by Gasteiger charge is -2.17. The van der Waals surface area contributed by atoms with Crippen LogP contribution >= 0.6 is 24.8 Å². The minimum absolute atomic E-state index is 0. The van der Waals surface area contributed by atoms with Gasteiger partial charge in [-0.2, -0.15) is 0 Å². The van der Waals surface area contributed by atoms with Crippen molar-refractivity contribution in [3.63, 3.8) is 0 Å². The quantitative estimate of drug-likeness (QED) is 0.748. The van der Waals surface area contributed by atoms with Crippen molar-refractivity contribution >= 4 is 36.4 Å². The molecule has 5 nitrogen and oxygen atoms in total. The first-order valence-electron chi connectivity index (χ1n) is 8.50. The van der Waals surface area contributed by atoms with Gasteiger partial charge in [0.25, 0.3) is 0 Å². The van der Waals surface area contributed by atoms with Gasteiger partial charge < -0.3 is 15.8 Å². The number of pyridine rings is 1. The van der Waals surface area contributed by atoms with E-state index in [0.29, 0.717) is 17.9 Å². The molecule has 0 spiro atoms. The number of carbonyl (C=O) groups is 1. The zero-order valence-electron chi connectivity index (χ0n) is 14.8. The molecule has 1 aliphatic carbocycles. The molecule has 3 rings (SSSR count). The van der Waals surface area contributed by atoms with Crippen molar-refractivity contribution < 1.29 is 13.9 Å². The normalized spacial score (nSPS) is 18.1. The number of nitrogens with two attached hydrogens (primary N) is 1. The highest BCUT2D eigenvalue weighted by molar-refractivity contribution is 5.93. The third-order valence-corrected chi connectivity index (χ3v) is 4.60. The Kier molecular flexibility index (Phi) is 9.49. The number of hydrogen-bond acceptors (Lipinski definition) is 4. The van der Waals surface area contributed by atoms with E-state index in [1.54, 1.807) is 18.3 Å². The third kappa shape index (κ3) is 6.06. The van der Waals surface area contributed by atoms with Crippen LogP contribution in [0.3, 0.4) is 0 Å². The molecule has 148 valence electrons. The first kappa shape index (κ1) is 23.1. The van der Waals surface area contributed by atoms with Gasteiger partial charge in [-0.15, -0.1) is 24.8 Å². The maximum absolute atomic E-state index is 14.2. The minimum Gasteiger partial charge on any atom is -0.484 e. The summed E-state index contributed by atoms with van der Waals surface area (Å²) in [5.74, 6) is -0.353. The van der Waals surface area contributed by atoms with Gasteiger partial charge in [0.05, 0.1) is 5.69 Å². The van der Waals surface area contributed by atoms with E-state index in [9.17, 15) is 9.18 Å². The summed E-state index contributed by atoms with van der Waals surface area (Å²) in [6.07, 6.45) is 4.48. The molecule has 2 aromatic rings. The third-order valence-electron chi connectivity index (χ3n) is 4.60. The van der Waals surface area contributed by atoms with Crippen LogP contribution in [0.1, 0.15) is 25.0 Å². The van der Waals surface area contributed by atoms with Crippen molar-refractivity contribution in [2.45, 2.75) is 25.9 Å². The monoisotopic (exact) mass is 415 g/mol. The molecule has 0 unspecified atom stereocenters. The van der Waals surface area contributed by atoms with Crippen LogP contribution in [0.5, 0.6) is 5.75 Å². The Balaban J connectivity index is 0.00000182. The van der Waals surface area contributed by atoms with Gasteiger partial charge in [-0.1, -0.05) is 12.5 Å². The van der Waals surface area contributed by atoms with E-state index in [-0.39, 0.29) is 54.9 Å². The van der Waals surface area contributed by atoms with Crippen LogP contribution in [0.4, 0.5) is 10.1 Å². The standard InChI is InChI=1S/C19H22FN3O2.2ClH/c20-17-10-14(23-19(24)16-6-3-4-13(16)11-21)7-8-18(17)25-12-15-5-1-2-9-22-15;;/h1-2,5,7-10,13,16H,3-4,6,11-12,21H2,(H,23,24);2*1H/t13-,16-;;/m1../s1. The van der Waals surface area contributed by atoms with Gasteiger partial charge >= 0.3 is 0 Å². The number of nitrogens with one attached hydrogen (secondary N) is 1. The molecule has 27 heavy (non-hydrogen) atoms. The molecule has 2 atom stereocenters. The second-order valence-corrected chi connectivity index (χ2v) is 6.28. The Morgan fingerprint density at radius 2 is 2.07 bits per heavy atom. The number of rotatable bonds is 6. The first-order chi connectivity index (χ1) is 12.2. The average Bonchev–Trinajstić information content (AvgIpc) is 3.11. The molecule has 0 saturated heterocycles. The summed E-state index contributed by atoms with van der Waals surface area (Å²) in [5, 5.41) is 2.79. The van der Waals surface area contributed by atoms with Gasteiger partial charge in [0, 0.05) is 23.9 Å². The summed E-state index contributed by atoms with van der Waals surface area (Å²) in [4.78, 5) is 16.5. The summed E-state index contributed by atoms with van der Waals surface area (Å²) in [6.45, 7) is 0.691. The number of benzene rings is 1. The second-order valence-electron chi connectivity index (χ2n) is 6.28. The van der Waals surface area contributed by atoms with Crippen molar-refractivity contribution in [1.29, 1.82) is 0 Å². The van der Waals surface area contributed by atoms with Gasteiger partial charge in [-0.25, -0.2) is 4.39 Å². The molecule has 1 amide bonds. The Morgan fingerprint density at radius 3 is 2.74 bits per heavy atom. The van der Waals surface area contributed by atoms with Gasteiger partial charge in [-0.3, -0.25) is 9.78 Å². The number of nitrogens with zero attached hydrogens (tertiary/aromatic N) is 1. The SMILES string of the molecule is Cl.Cl.NC[C@H]1CCC[C@H]1C(=O)Nc1ccc(OCc2ccccn2)c(F)c1. The largest absolute Gasteiger partial charge is 0.484 e. The van der Waals surface area contributed by atoms with E-state index in [1.807, 2.05) is 12.1 Å². The molecule has 0 bridgehead atoms. The maximum Gasteiger partial charge on any atom is 0.227 e. The fourth-order valence-corrected chi connectivity index (χ4v) is 3.23. The van der Waals surface area contributed by atoms with Gasteiger partial charge in [0.15, 0.2) is 11.6 Å². The Bertz CT molecular complexity index is 734. The predicted octanol–water partition coefficient (Wildman–Crippen LogP) is 3.96. The van der Waals surface area contributed by atoms with E-state index in [2.05, 4.69) is 10.3 Å². The molecule has 1 fully saturated rings. The lowest BCUT2D eigenvalue weighted by atomic mass is 9.95. The molecule has 1 heterocycles. The summed E-state index contributed by atoms with van der Waals surface area (Å²) >= 11 is 0. The Morgan fingerprint density at radius 1 is 1.26 bits per heavy atom. The fourth-order valence-electron chi connectivity index (χ4n) is 3.23. The molecule has 1 aliphatic rings. The highest BCUT2D eigenvalue weighted by Crippen LogP contribution is 2.32. The lowest BCUT2D eigenvalue weighted by Crippen LogP contribution is -2.29. The average molecular weight is 416 g/mol. The number of aromatic nitrogens is 1. The van der Waals surface area contributed by atoms with Gasteiger partial charge in [0.2, 0.25) is 5.91 Å². The van der Waals surface area contributed by atoms with Crippen molar-refractivity contribution in [3.05, 3.63) is 54.1 Å². The molecule has 8 heteroatoms. The smallest absolute Gasteiger partial charge is 0.227 e. The Labute approximate surface area is 170 Å². The number of hydrogen-bond donors (Lipinski definition) is 2. The molecule has 1 saturated carbocycles. The summed E-state index contributed by atoms with van der Waals surface area (Å²) in [5.41, 5.74) is 6.86. The molecule has 1 aromatic carbocycles. The minimum atomic E-state index is -0.518.